The highest BCUT2D eigenvalue weighted by atomic mass is 16.5. The first-order valence-corrected chi connectivity index (χ1v) is 6.58. The molecule has 2 aromatic carbocycles. The lowest BCUT2D eigenvalue weighted by Gasteiger charge is -2.06. The number of carbonyl (C=O) groups excluding carboxylic acids is 1. The molecule has 2 rings (SSSR count). The second kappa shape index (κ2) is 7.83. The monoisotopic (exact) mass is 281 g/mol. The summed E-state index contributed by atoms with van der Waals surface area (Å²) in [4.78, 5) is 11.8. The summed E-state index contributed by atoms with van der Waals surface area (Å²) in [5.41, 5.74) is 1.07. The number of benzene rings is 2. The molecule has 0 aliphatic heterocycles. The van der Waals surface area contributed by atoms with Crippen LogP contribution in [-0.4, -0.2) is 25.6 Å². The Labute approximate surface area is 123 Å². The molecule has 0 aromatic heterocycles. The summed E-state index contributed by atoms with van der Waals surface area (Å²) in [6.07, 6.45) is 0. The molecule has 0 aliphatic carbocycles. The third-order valence-electron chi connectivity index (χ3n) is 2.81. The average Bonchev–Trinajstić information content (AvgIpc) is 2.55. The number of rotatable bonds is 7. The summed E-state index contributed by atoms with van der Waals surface area (Å²) in [5.74, 6) is 0.665. The lowest BCUT2D eigenvalue weighted by atomic mass is 10.1. The molecule has 0 bridgehead atoms. The first kappa shape index (κ1) is 14.8. The predicted molar refractivity (Wildman–Crippen MR) is 78.2 cm³/mol. The Hall–Kier alpha value is -2.64. The quantitative estimate of drug-likeness (QED) is 0.578. The van der Waals surface area contributed by atoms with Gasteiger partial charge in [0.15, 0.2) is 5.78 Å². The number of hydrogen-bond acceptors (Lipinski definition) is 4. The number of carbonyl (C=O) groups is 1. The van der Waals surface area contributed by atoms with E-state index in [0.29, 0.717) is 24.3 Å². The van der Waals surface area contributed by atoms with E-state index in [9.17, 15) is 4.79 Å². The third kappa shape index (κ3) is 4.75. The van der Waals surface area contributed by atoms with Gasteiger partial charge in [-0.3, -0.25) is 4.79 Å². The van der Waals surface area contributed by atoms with Crippen LogP contribution in [0, 0.1) is 11.3 Å². The maximum absolute atomic E-state index is 11.8. The van der Waals surface area contributed by atoms with Gasteiger partial charge in [-0.15, -0.1) is 0 Å². The molecule has 4 nitrogen and oxygen atoms in total. The minimum absolute atomic E-state index is 0.00402. The number of para-hydroxylation sites is 1. The van der Waals surface area contributed by atoms with Gasteiger partial charge in [0.05, 0.1) is 18.2 Å². The topological polar surface area (TPSA) is 59.3 Å². The van der Waals surface area contributed by atoms with Crippen molar-refractivity contribution in [3.05, 3.63) is 65.7 Å². The maximum atomic E-state index is 11.8. The average molecular weight is 281 g/mol. The van der Waals surface area contributed by atoms with Crippen LogP contribution < -0.4 is 4.74 Å². The van der Waals surface area contributed by atoms with E-state index in [2.05, 4.69) is 0 Å². The van der Waals surface area contributed by atoms with Crippen molar-refractivity contribution in [3.8, 4) is 11.8 Å². The van der Waals surface area contributed by atoms with Crippen LogP contribution >= 0.6 is 0 Å². The van der Waals surface area contributed by atoms with Crippen molar-refractivity contribution < 1.29 is 14.3 Å². The van der Waals surface area contributed by atoms with E-state index in [1.54, 1.807) is 24.3 Å². The Morgan fingerprint density at radius 3 is 2.38 bits per heavy atom. The molecule has 0 amide bonds. The van der Waals surface area contributed by atoms with Crippen LogP contribution in [0.2, 0.25) is 0 Å². The van der Waals surface area contributed by atoms with Gasteiger partial charge in [-0.1, -0.05) is 30.3 Å². The van der Waals surface area contributed by atoms with Crippen LogP contribution in [0.5, 0.6) is 5.75 Å². The molecule has 0 unspecified atom stereocenters. The van der Waals surface area contributed by atoms with Crippen molar-refractivity contribution in [2.45, 2.75) is 0 Å². The highest BCUT2D eigenvalue weighted by Crippen LogP contribution is 2.08. The molecule has 0 spiro atoms. The molecule has 0 heterocycles. The van der Waals surface area contributed by atoms with E-state index in [-0.39, 0.29) is 12.4 Å². The zero-order valence-electron chi connectivity index (χ0n) is 11.5. The zero-order valence-corrected chi connectivity index (χ0v) is 11.5. The molecule has 0 saturated heterocycles. The van der Waals surface area contributed by atoms with Gasteiger partial charge in [0, 0.05) is 5.56 Å². The van der Waals surface area contributed by atoms with Gasteiger partial charge in [-0.2, -0.15) is 5.26 Å². The number of ketones is 1. The molecule has 21 heavy (non-hydrogen) atoms. The van der Waals surface area contributed by atoms with Crippen molar-refractivity contribution in [2.24, 2.45) is 0 Å². The molecule has 106 valence electrons. The standard InChI is InChI=1S/C17H15NO3/c18-12-14-6-8-15(9-7-14)17(19)13-20-10-11-21-16-4-2-1-3-5-16/h1-9H,10-11,13H2. The van der Waals surface area contributed by atoms with Crippen LogP contribution in [0.15, 0.2) is 54.6 Å². The molecule has 0 atom stereocenters. The van der Waals surface area contributed by atoms with Gasteiger partial charge >= 0.3 is 0 Å². The molecular weight excluding hydrogens is 266 g/mol. The largest absolute Gasteiger partial charge is 0.491 e. The number of nitriles is 1. The Morgan fingerprint density at radius 1 is 1.00 bits per heavy atom. The van der Waals surface area contributed by atoms with E-state index in [4.69, 9.17) is 14.7 Å². The van der Waals surface area contributed by atoms with Crippen LogP contribution in [0.4, 0.5) is 0 Å². The fourth-order valence-electron chi connectivity index (χ4n) is 1.71. The number of Topliss-reactive ketones (excluding diaryl/α,β-unsaturated/α-hetero) is 1. The summed E-state index contributed by atoms with van der Waals surface area (Å²) in [6.45, 7) is 0.742. The summed E-state index contributed by atoms with van der Waals surface area (Å²) in [6, 6.07) is 17.9. The van der Waals surface area contributed by atoms with Crippen molar-refractivity contribution in [2.75, 3.05) is 19.8 Å². The third-order valence-corrected chi connectivity index (χ3v) is 2.81. The van der Waals surface area contributed by atoms with Gasteiger partial charge in [0.25, 0.3) is 0 Å². The van der Waals surface area contributed by atoms with Gasteiger partial charge in [0.1, 0.15) is 19.0 Å². The van der Waals surface area contributed by atoms with Crippen LogP contribution in [0.25, 0.3) is 0 Å². The van der Waals surface area contributed by atoms with Crippen LogP contribution in [0.1, 0.15) is 15.9 Å². The highest BCUT2D eigenvalue weighted by Gasteiger charge is 2.05. The number of hydrogen-bond donors (Lipinski definition) is 0. The Kier molecular flexibility index (Phi) is 5.50. The minimum Gasteiger partial charge on any atom is -0.491 e. The maximum Gasteiger partial charge on any atom is 0.188 e. The zero-order chi connectivity index (χ0) is 14.9. The van der Waals surface area contributed by atoms with Gasteiger partial charge in [-0.05, 0) is 24.3 Å². The summed E-state index contributed by atoms with van der Waals surface area (Å²) >= 11 is 0. The molecule has 0 radical (unpaired) electrons. The van der Waals surface area contributed by atoms with Crippen LogP contribution in [0.3, 0.4) is 0 Å². The summed E-state index contributed by atoms with van der Waals surface area (Å²) in [5, 5.41) is 8.69. The minimum atomic E-state index is -0.112. The first-order chi connectivity index (χ1) is 10.3. The van der Waals surface area contributed by atoms with Crippen molar-refractivity contribution in [1.82, 2.24) is 0 Å². The van der Waals surface area contributed by atoms with E-state index in [0.717, 1.165) is 5.75 Å². The van der Waals surface area contributed by atoms with E-state index >= 15 is 0 Å². The molecule has 0 N–H and O–H groups in total. The molecule has 4 heteroatoms. The van der Waals surface area contributed by atoms with E-state index in [1.165, 1.54) is 0 Å². The molecule has 0 aliphatic rings. The highest BCUT2D eigenvalue weighted by molar-refractivity contribution is 5.97. The SMILES string of the molecule is N#Cc1ccc(C(=O)COCCOc2ccccc2)cc1. The molecular formula is C17H15NO3. The summed E-state index contributed by atoms with van der Waals surface area (Å²) < 4.78 is 10.7. The predicted octanol–water partition coefficient (Wildman–Crippen LogP) is 2.84. The summed E-state index contributed by atoms with van der Waals surface area (Å²) in [7, 11) is 0. The Balaban J connectivity index is 1.68. The van der Waals surface area contributed by atoms with Crippen molar-refractivity contribution in [1.29, 1.82) is 5.26 Å². The normalized spacial score (nSPS) is 9.86. The fourth-order valence-corrected chi connectivity index (χ4v) is 1.71. The molecule has 0 fully saturated rings. The van der Waals surface area contributed by atoms with Crippen LogP contribution in [-0.2, 0) is 4.74 Å². The lowest BCUT2D eigenvalue weighted by molar-refractivity contribution is 0.0688. The number of nitrogens with zero attached hydrogens (tertiary/aromatic N) is 1. The lowest BCUT2D eigenvalue weighted by Crippen LogP contribution is -2.13. The second-order valence-corrected chi connectivity index (χ2v) is 4.33. The van der Waals surface area contributed by atoms with Gasteiger partial charge in [-0.25, -0.2) is 0 Å². The van der Waals surface area contributed by atoms with Crippen molar-refractivity contribution >= 4 is 5.78 Å². The second-order valence-electron chi connectivity index (χ2n) is 4.33. The molecule has 2 aromatic rings. The van der Waals surface area contributed by atoms with Gasteiger partial charge < -0.3 is 9.47 Å². The Morgan fingerprint density at radius 2 is 1.71 bits per heavy atom. The fraction of sp³-hybridized carbons (Fsp3) is 0.176. The first-order valence-electron chi connectivity index (χ1n) is 6.58. The smallest absolute Gasteiger partial charge is 0.188 e. The number of ether oxygens (including phenoxy) is 2. The molecule has 0 saturated carbocycles. The van der Waals surface area contributed by atoms with E-state index in [1.807, 2.05) is 36.4 Å². The Bertz CT molecular complexity index is 615. The van der Waals surface area contributed by atoms with Gasteiger partial charge in [0.2, 0.25) is 0 Å². The van der Waals surface area contributed by atoms with E-state index < -0.39 is 0 Å². The van der Waals surface area contributed by atoms with Crippen molar-refractivity contribution in [3.63, 3.8) is 0 Å².